The highest BCUT2D eigenvalue weighted by molar-refractivity contribution is 6.27. The Hall–Kier alpha value is -2.68. The molecule has 1 aliphatic heterocycles. The van der Waals surface area contributed by atoms with Crippen molar-refractivity contribution in [3.05, 3.63) is 71.3 Å². The van der Waals surface area contributed by atoms with Crippen molar-refractivity contribution in [3.63, 3.8) is 0 Å². The largest absolute Gasteiger partial charge is 0.377 e. The summed E-state index contributed by atoms with van der Waals surface area (Å²) >= 11 is 0. The molecule has 0 amide bonds. The second kappa shape index (κ2) is 4.42. The fourth-order valence-electron chi connectivity index (χ4n) is 3.10. The number of anilines is 1. The van der Waals surface area contributed by atoms with E-state index in [0.29, 0.717) is 11.1 Å². The van der Waals surface area contributed by atoms with Gasteiger partial charge in [-0.25, -0.2) is 0 Å². The summed E-state index contributed by atoms with van der Waals surface area (Å²) in [5, 5.41) is 3.31. The number of fused-ring (bicyclic) bond motifs is 2. The molecule has 0 radical (unpaired) electrons. The lowest BCUT2D eigenvalue weighted by atomic mass is 9.91. The lowest BCUT2D eigenvalue weighted by molar-refractivity contribution is 0.0833. The quantitative estimate of drug-likeness (QED) is 0.813. The first kappa shape index (κ1) is 12.1. The molecule has 1 aliphatic carbocycles. The van der Waals surface area contributed by atoms with Crippen molar-refractivity contribution in [2.24, 2.45) is 5.92 Å². The van der Waals surface area contributed by atoms with Gasteiger partial charge in [0.2, 0.25) is 0 Å². The molecule has 0 aromatic heterocycles. The van der Waals surface area contributed by atoms with Crippen LogP contribution < -0.4 is 5.32 Å². The summed E-state index contributed by atoms with van der Waals surface area (Å²) in [5.74, 6) is -0.832. The number of benzene rings is 2. The summed E-state index contributed by atoms with van der Waals surface area (Å²) in [5.41, 5.74) is 3.12. The van der Waals surface area contributed by atoms with Crippen LogP contribution in [0.3, 0.4) is 0 Å². The van der Waals surface area contributed by atoms with Crippen molar-refractivity contribution in [1.82, 2.24) is 0 Å². The molecule has 0 bridgehead atoms. The molecule has 1 atom stereocenters. The van der Waals surface area contributed by atoms with E-state index in [1.54, 1.807) is 24.3 Å². The maximum Gasteiger partial charge on any atom is 0.176 e. The summed E-state index contributed by atoms with van der Waals surface area (Å²) in [6.45, 7) is 0. The van der Waals surface area contributed by atoms with Crippen LogP contribution in [0, 0.1) is 5.92 Å². The van der Waals surface area contributed by atoms with E-state index >= 15 is 0 Å². The number of ketones is 2. The van der Waals surface area contributed by atoms with Crippen LogP contribution in [0.5, 0.6) is 0 Å². The average Bonchev–Trinajstić information content (AvgIpc) is 2.79. The highest BCUT2D eigenvalue weighted by Crippen LogP contribution is 2.33. The molecule has 1 heterocycles. The van der Waals surface area contributed by atoms with Crippen molar-refractivity contribution in [2.75, 3.05) is 5.32 Å². The van der Waals surface area contributed by atoms with E-state index in [4.69, 9.17) is 0 Å². The summed E-state index contributed by atoms with van der Waals surface area (Å²) in [4.78, 5) is 25.0. The number of hydrogen-bond acceptors (Lipinski definition) is 3. The molecular weight excluding hydrogens is 262 g/mol. The maximum absolute atomic E-state index is 12.5. The monoisotopic (exact) mass is 275 g/mol. The topological polar surface area (TPSA) is 46.2 Å². The second-order valence-electron chi connectivity index (χ2n) is 5.37. The molecular formula is C18H13NO2. The second-order valence-corrected chi connectivity index (χ2v) is 5.37. The van der Waals surface area contributed by atoms with Crippen molar-refractivity contribution in [2.45, 2.75) is 6.04 Å². The Bertz CT molecular complexity index is 756. The van der Waals surface area contributed by atoms with Crippen LogP contribution in [-0.4, -0.2) is 17.6 Å². The van der Waals surface area contributed by atoms with Crippen molar-refractivity contribution < 1.29 is 9.59 Å². The number of para-hydroxylation sites is 1. The van der Waals surface area contributed by atoms with Gasteiger partial charge in [-0.3, -0.25) is 9.59 Å². The normalized spacial score (nSPS) is 20.1. The van der Waals surface area contributed by atoms with E-state index in [9.17, 15) is 9.59 Å². The van der Waals surface area contributed by atoms with E-state index in [2.05, 4.69) is 5.32 Å². The summed E-state index contributed by atoms with van der Waals surface area (Å²) < 4.78 is 0. The minimum atomic E-state index is -0.660. The van der Waals surface area contributed by atoms with Gasteiger partial charge in [-0.05, 0) is 11.6 Å². The van der Waals surface area contributed by atoms with E-state index < -0.39 is 5.92 Å². The Kier molecular flexibility index (Phi) is 2.54. The predicted molar refractivity (Wildman–Crippen MR) is 81.5 cm³/mol. The SMILES string of the molecule is O=C1c2ccccc2C(=O)C1C1C=Cc2ccccc2N1. The van der Waals surface area contributed by atoms with Crippen LogP contribution in [0.4, 0.5) is 5.69 Å². The Balaban J connectivity index is 1.71. The lowest BCUT2D eigenvalue weighted by Crippen LogP contribution is -2.35. The molecule has 2 aromatic rings. The van der Waals surface area contributed by atoms with E-state index in [1.807, 2.05) is 36.4 Å². The van der Waals surface area contributed by atoms with Crippen molar-refractivity contribution in [3.8, 4) is 0 Å². The smallest absolute Gasteiger partial charge is 0.176 e. The first-order chi connectivity index (χ1) is 10.3. The third kappa shape index (κ3) is 1.74. The van der Waals surface area contributed by atoms with Crippen molar-refractivity contribution >= 4 is 23.3 Å². The van der Waals surface area contributed by atoms with Crippen LogP contribution in [-0.2, 0) is 0 Å². The highest BCUT2D eigenvalue weighted by atomic mass is 16.2. The average molecular weight is 275 g/mol. The molecule has 0 saturated carbocycles. The predicted octanol–water partition coefficient (Wildman–Crippen LogP) is 3.19. The number of carbonyl (C=O) groups excluding carboxylic acids is 2. The minimum absolute atomic E-state index is 0.0860. The van der Waals surface area contributed by atoms with Crippen molar-refractivity contribution in [1.29, 1.82) is 0 Å². The van der Waals surface area contributed by atoms with Gasteiger partial charge in [0.05, 0.1) is 6.04 Å². The third-order valence-electron chi connectivity index (χ3n) is 4.15. The lowest BCUT2D eigenvalue weighted by Gasteiger charge is -2.25. The van der Waals surface area contributed by atoms with Gasteiger partial charge in [0.1, 0.15) is 5.92 Å². The summed E-state index contributed by atoms with van der Waals surface area (Å²) in [6.07, 6.45) is 3.88. The van der Waals surface area contributed by atoms with Gasteiger partial charge in [-0.2, -0.15) is 0 Å². The number of nitrogens with one attached hydrogen (secondary N) is 1. The first-order valence-electron chi connectivity index (χ1n) is 6.97. The van der Waals surface area contributed by atoms with Gasteiger partial charge in [-0.1, -0.05) is 54.6 Å². The highest BCUT2D eigenvalue weighted by Gasteiger charge is 2.42. The number of hydrogen-bond donors (Lipinski definition) is 1. The molecule has 21 heavy (non-hydrogen) atoms. The number of Topliss-reactive ketones (excluding diaryl/α,β-unsaturated/α-hetero) is 2. The van der Waals surface area contributed by atoms with Gasteiger partial charge in [-0.15, -0.1) is 0 Å². The van der Waals surface area contributed by atoms with Crippen LogP contribution in [0.15, 0.2) is 54.6 Å². The Labute approximate surface area is 122 Å². The van der Waals surface area contributed by atoms with Gasteiger partial charge in [0, 0.05) is 16.8 Å². The molecule has 0 saturated heterocycles. The summed E-state index contributed by atoms with van der Waals surface area (Å²) in [7, 11) is 0. The molecule has 2 aliphatic rings. The van der Waals surface area contributed by atoms with Gasteiger partial charge >= 0.3 is 0 Å². The zero-order valence-corrected chi connectivity index (χ0v) is 11.2. The molecule has 3 heteroatoms. The Morgan fingerprint density at radius 3 is 2.14 bits per heavy atom. The number of rotatable bonds is 1. The first-order valence-corrected chi connectivity index (χ1v) is 6.97. The Morgan fingerprint density at radius 1 is 0.810 bits per heavy atom. The van der Waals surface area contributed by atoms with E-state index in [-0.39, 0.29) is 17.6 Å². The van der Waals surface area contributed by atoms with Crippen LogP contribution >= 0.6 is 0 Å². The molecule has 102 valence electrons. The molecule has 0 spiro atoms. The zero-order chi connectivity index (χ0) is 14.4. The molecule has 1 unspecified atom stereocenters. The van der Waals surface area contributed by atoms with Crippen LogP contribution in [0.25, 0.3) is 6.08 Å². The molecule has 1 N–H and O–H groups in total. The standard InChI is InChI=1S/C18H13NO2/c20-17-12-6-2-3-7-13(12)18(21)16(17)15-10-9-11-5-1-4-8-14(11)19-15/h1-10,15-16,19H. The minimum Gasteiger partial charge on any atom is -0.377 e. The Morgan fingerprint density at radius 2 is 1.43 bits per heavy atom. The van der Waals surface area contributed by atoms with E-state index in [1.165, 1.54) is 0 Å². The molecule has 2 aromatic carbocycles. The van der Waals surface area contributed by atoms with Gasteiger partial charge in [0.15, 0.2) is 11.6 Å². The van der Waals surface area contributed by atoms with Gasteiger partial charge < -0.3 is 5.32 Å². The fourth-order valence-corrected chi connectivity index (χ4v) is 3.10. The molecule has 3 nitrogen and oxygen atoms in total. The summed E-state index contributed by atoms with van der Waals surface area (Å²) in [6, 6.07) is 14.6. The van der Waals surface area contributed by atoms with Crippen LogP contribution in [0.2, 0.25) is 0 Å². The fraction of sp³-hybridized carbons (Fsp3) is 0.111. The van der Waals surface area contributed by atoms with E-state index in [0.717, 1.165) is 11.3 Å². The molecule has 0 fully saturated rings. The zero-order valence-electron chi connectivity index (χ0n) is 11.2. The van der Waals surface area contributed by atoms with Crippen LogP contribution in [0.1, 0.15) is 26.3 Å². The number of carbonyl (C=O) groups is 2. The third-order valence-corrected chi connectivity index (χ3v) is 4.15. The molecule has 4 rings (SSSR count). The maximum atomic E-state index is 12.5. The van der Waals surface area contributed by atoms with Gasteiger partial charge in [0.25, 0.3) is 0 Å².